The maximum Gasteiger partial charge on any atom is 0.409 e. The third-order valence-corrected chi connectivity index (χ3v) is 4.21. The van der Waals surface area contributed by atoms with Gasteiger partial charge in [0.05, 0.1) is 12.6 Å². The highest BCUT2D eigenvalue weighted by atomic mass is 16.6. The summed E-state index contributed by atoms with van der Waals surface area (Å²) in [6.45, 7) is 13.8. The van der Waals surface area contributed by atoms with Crippen LogP contribution in [-0.2, 0) is 4.74 Å². The molecule has 0 saturated carbocycles. The Kier molecular flexibility index (Phi) is 6.60. The largest absolute Gasteiger partial charge is 0.449 e. The molecule has 1 saturated heterocycles. The molecule has 1 aliphatic heterocycles. The molecule has 0 unspecified atom stereocenters. The molecule has 2 heterocycles. The lowest BCUT2D eigenvalue weighted by molar-refractivity contribution is 0.0919. The van der Waals surface area contributed by atoms with Gasteiger partial charge < -0.3 is 14.2 Å². The van der Waals surface area contributed by atoms with Gasteiger partial charge in [0.1, 0.15) is 0 Å². The fourth-order valence-corrected chi connectivity index (χ4v) is 2.64. The van der Waals surface area contributed by atoms with E-state index in [9.17, 15) is 4.79 Å². The van der Waals surface area contributed by atoms with Crippen LogP contribution < -0.4 is 0 Å². The molecule has 1 fully saturated rings. The standard InChI is InChI=1S/C17H30N4O3/c1-12(2)11-23-17(22)21-8-6-7-20(9-10-21)14(5)16-18-15(13(3)4)19-24-16/h12-14H,6-11H2,1-5H3/t14-/m1/s1. The van der Waals surface area contributed by atoms with Gasteiger partial charge in [-0.25, -0.2) is 4.79 Å². The summed E-state index contributed by atoms with van der Waals surface area (Å²) in [5.74, 6) is 2.00. The van der Waals surface area contributed by atoms with Gasteiger partial charge in [0.25, 0.3) is 0 Å². The van der Waals surface area contributed by atoms with Crippen LogP contribution in [0.4, 0.5) is 4.79 Å². The molecule has 1 aromatic heterocycles. The maximum absolute atomic E-state index is 12.1. The molecule has 0 spiro atoms. The van der Waals surface area contributed by atoms with Gasteiger partial charge in [-0.05, 0) is 19.3 Å². The lowest BCUT2D eigenvalue weighted by Crippen LogP contribution is -2.36. The Morgan fingerprint density at radius 1 is 1.17 bits per heavy atom. The summed E-state index contributed by atoms with van der Waals surface area (Å²) in [4.78, 5) is 20.7. The summed E-state index contributed by atoms with van der Waals surface area (Å²) in [6, 6.07) is 0.0524. The van der Waals surface area contributed by atoms with E-state index in [1.165, 1.54) is 0 Å². The van der Waals surface area contributed by atoms with Crippen molar-refractivity contribution < 1.29 is 14.1 Å². The van der Waals surface area contributed by atoms with E-state index in [-0.39, 0.29) is 18.1 Å². The zero-order valence-corrected chi connectivity index (χ0v) is 15.5. The lowest BCUT2D eigenvalue weighted by Gasteiger charge is -2.25. The second-order valence-electron chi connectivity index (χ2n) is 7.17. The number of amides is 1. The summed E-state index contributed by atoms with van der Waals surface area (Å²) in [5, 5.41) is 4.04. The van der Waals surface area contributed by atoms with Crippen molar-refractivity contribution in [3.05, 3.63) is 11.7 Å². The molecule has 1 aromatic rings. The number of carbonyl (C=O) groups is 1. The Bertz CT molecular complexity index is 530. The first kappa shape index (κ1) is 18.7. The van der Waals surface area contributed by atoms with Gasteiger partial charge in [0.2, 0.25) is 5.89 Å². The minimum Gasteiger partial charge on any atom is -0.449 e. The number of ether oxygens (including phenoxy) is 1. The summed E-state index contributed by atoms with van der Waals surface area (Å²) >= 11 is 0. The van der Waals surface area contributed by atoms with Crippen LogP contribution in [0.25, 0.3) is 0 Å². The van der Waals surface area contributed by atoms with Gasteiger partial charge in [-0.15, -0.1) is 0 Å². The Balaban J connectivity index is 1.90. The van der Waals surface area contributed by atoms with Crippen LogP contribution in [0.1, 0.15) is 64.7 Å². The molecule has 0 radical (unpaired) electrons. The first-order chi connectivity index (χ1) is 11.4. The predicted molar refractivity (Wildman–Crippen MR) is 90.8 cm³/mol. The second kappa shape index (κ2) is 8.46. The van der Waals surface area contributed by atoms with Gasteiger partial charge in [-0.2, -0.15) is 4.98 Å². The molecule has 2 rings (SSSR count). The highest BCUT2D eigenvalue weighted by Crippen LogP contribution is 2.22. The van der Waals surface area contributed by atoms with E-state index in [0.29, 0.717) is 25.0 Å². The van der Waals surface area contributed by atoms with Crippen molar-refractivity contribution in [3.8, 4) is 0 Å². The molecule has 0 N–H and O–H groups in total. The highest BCUT2D eigenvalue weighted by molar-refractivity contribution is 5.67. The smallest absolute Gasteiger partial charge is 0.409 e. The lowest BCUT2D eigenvalue weighted by atomic mass is 10.2. The number of nitrogens with zero attached hydrogens (tertiary/aromatic N) is 4. The number of carbonyl (C=O) groups excluding carboxylic acids is 1. The van der Waals surface area contributed by atoms with Gasteiger partial charge in [0.15, 0.2) is 5.82 Å². The molecular weight excluding hydrogens is 308 g/mol. The number of rotatable bonds is 5. The van der Waals surface area contributed by atoms with E-state index in [4.69, 9.17) is 9.26 Å². The Hall–Kier alpha value is -1.63. The molecule has 0 bridgehead atoms. The van der Waals surface area contributed by atoms with E-state index in [1.807, 2.05) is 27.7 Å². The van der Waals surface area contributed by atoms with Crippen LogP contribution in [0.5, 0.6) is 0 Å². The van der Waals surface area contributed by atoms with Crippen LogP contribution in [-0.4, -0.2) is 58.8 Å². The van der Waals surface area contributed by atoms with Crippen molar-refractivity contribution in [1.82, 2.24) is 19.9 Å². The van der Waals surface area contributed by atoms with Gasteiger partial charge in [-0.3, -0.25) is 4.90 Å². The summed E-state index contributed by atoms with van der Waals surface area (Å²) in [5.41, 5.74) is 0. The van der Waals surface area contributed by atoms with E-state index in [1.54, 1.807) is 4.90 Å². The monoisotopic (exact) mass is 338 g/mol. The van der Waals surface area contributed by atoms with Crippen molar-refractivity contribution in [2.24, 2.45) is 5.92 Å². The highest BCUT2D eigenvalue weighted by Gasteiger charge is 2.26. The van der Waals surface area contributed by atoms with Crippen molar-refractivity contribution in [2.75, 3.05) is 32.8 Å². The molecular formula is C17H30N4O3. The molecule has 1 atom stereocenters. The van der Waals surface area contributed by atoms with Crippen molar-refractivity contribution in [1.29, 1.82) is 0 Å². The SMILES string of the molecule is CC(C)COC(=O)N1CCCN([C@H](C)c2nc(C(C)C)no2)CC1. The third kappa shape index (κ3) is 4.93. The molecule has 136 valence electrons. The normalized spacial score (nSPS) is 18.0. The van der Waals surface area contributed by atoms with Crippen LogP contribution in [0.3, 0.4) is 0 Å². The van der Waals surface area contributed by atoms with Crippen molar-refractivity contribution in [3.63, 3.8) is 0 Å². The number of hydrogen-bond donors (Lipinski definition) is 0. The Labute approximate surface area is 144 Å². The minimum absolute atomic E-state index is 0.0524. The summed E-state index contributed by atoms with van der Waals surface area (Å²) < 4.78 is 10.7. The molecule has 0 aromatic carbocycles. The molecule has 7 nitrogen and oxygen atoms in total. The molecule has 7 heteroatoms. The summed E-state index contributed by atoms with van der Waals surface area (Å²) in [6.07, 6.45) is 0.699. The summed E-state index contributed by atoms with van der Waals surface area (Å²) in [7, 11) is 0. The van der Waals surface area contributed by atoms with Gasteiger partial charge in [0, 0.05) is 32.1 Å². The molecule has 0 aliphatic carbocycles. The Morgan fingerprint density at radius 2 is 1.92 bits per heavy atom. The van der Waals surface area contributed by atoms with Gasteiger partial charge >= 0.3 is 6.09 Å². The van der Waals surface area contributed by atoms with Crippen LogP contribution in [0.2, 0.25) is 0 Å². The quantitative estimate of drug-likeness (QED) is 0.822. The van der Waals surface area contributed by atoms with Crippen LogP contribution in [0.15, 0.2) is 4.52 Å². The second-order valence-corrected chi connectivity index (χ2v) is 7.17. The van der Waals surface area contributed by atoms with Crippen molar-refractivity contribution >= 4 is 6.09 Å². The average Bonchev–Trinajstić information content (AvgIpc) is 2.90. The Morgan fingerprint density at radius 3 is 2.54 bits per heavy atom. The van der Waals surface area contributed by atoms with Crippen LogP contribution in [0, 0.1) is 5.92 Å². The topological polar surface area (TPSA) is 71.7 Å². The van der Waals surface area contributed by atoms with Crippen molar-refractivity contribution in [2.45, 2.75) is 53.0 Å². The van der Waals surface area contributed by atoms with E-state index >= 15 is 0 Å². The predicted octanol–water partition coefficient (Wildman–Crippen LogP) is 3.05. The van der Waals surface area contributed by atoms with E-state index in [2.05, 4.69) is 22.0 Å². The fourth-order valence-electron chi connectivity index (χ4n) is 2.64. The average molecular weight is 338 g/mol. The molecule has 1 aliphatic rings. The first-order valence-electron chi connectivity index (χ1n) is 8.87. The molecule has 1 amide bonds. The minimum atomic E-state index is -0.210. The molecule has 24 heavy (non-hydrogen) atoms. The third-order valence-electron chi connectivity index (χ3n) is 4.21. The number of hydrogen-bond acceptors (Lipinski definition) is 6. The van der Waals surface area contributed by atoms with E-state index in [0.717, 1.165) is 31.9 Å². The fraction of sp³-hybridized carbons (Fsp3) is 0.824. The zero-order chi connectivity index (χ0) is 17.7. The van der Waals surface area contributed by atoms with Gasteiger partial charge in [-0.1, -0.05) is 32.9 Å². The zero-order valence-electron chi connectivity index (χ0n) is 15.5. The first-order valence-corrected chi connectivity index (χ1v) is 8.87. The maximum atomic E-state index is 12.1. The van der Waals surface area contributed by atoms with E-state index < -0.39 is 0 Å². The number of aromatic nitrogens is 2. The van der Waals surface area contributed by atoms with Crippen LogP contribution >= 0.6 is 0 Å².